The van der Waals surface area contributed by atoms with Gasteiger partial charge in [-0.2, -0.15) is 0 Å². The van der Waals surface area contributed by atoms with Gasteiger partial charge in [-0.05, 0) is 102 Å². The number of hydrogen-bond acceptors (Lipinski definition) is 1. The molecule has 0 radical (unpaired) electrons. The summed E-state index contributed by atoms with van der Waals surface area (Å²) >= 11 is 0. The fraction of sp³-hybridized carbons (Fsp3) is 0.0526. The Hall–Kier alpha value is -7.22. The predicted octanol–water partition coefficient (Wildman–Crippen LogP) is 14.6. The predicted molar refractivity (Wildman–Crippen MR) is 245 cm³/mol. The SMILES string of the molecule is [2H]c1c([2H])c(N(c2ccccc2-c2ccccc2)C2C=CC3=C(C2)C(c2ccccc2)(c2ccccc2)c2ccccc23)c([2H])c([2H])c1-c1c([2H])c2ccccc2c2ccccc12. The maximum atomic E-state index is 10.0. The number of rotatable bonds is 7. The molecule has 0 bridgehead atoms. The van der Waals surface area contributed by atoms with Gasteiger partial charge in [0, 0.05) is 16.9 Å². The second-order valence-electron chi connectivity index (χ2n) is 15.1. The van der Waals surface area contributed by atoms with Crippen LogP contribution in [0.1, 0.15) is 35.5 Å². The van der Waals surface area contributed by atoms with Crippen molar-refractivity contribution in [2.45, 2.75) is 17.9 Å². The van der Waals surface area contributed by atoms with Crippen molar-refractivity contribution in [2.75, 3.05) is 4.90 Å². The molecule has 9 aromatic rings. The molecular formula is C57H41N. The number of benzene rings is 9. The lowest BCUT2D eigenvalue weighted by Crippen LogP contribution is -2.37. The summed E-state index contributed by atoms with van der Waals surface area (Å²) in [5.41, 5.74) is 9.79. The second-order valence-corrected chi connectivity index (χ2v) is 15.1. The molecule has 1 unspecified atom stereocenters. The Labute approximate surface area is 347 Å². The molecule has 274 valence electrons. The third kappa shape index (κ3) is 5.39. The largest absolute Gasteiger partial charge is 0.334 e. The van der Waals surface area contributed by atoms with Crippen molar-refractivity contribution >= 4 is 38.5 Å². The van der Waals surface area contributed by atoms with Gasteiger partial charge in [0.25, 0.3) is 0 Å². The molecule has 1 heteroatoms. The zero-order valence-corrected chi connectivity index (χ0v) is 31.8. The Morgan fingerprint density at radius 2 is 1.05 bits per heavy atom. The quantitative estimate of drug-likeness (QED) is 0.147. The van der Waals surface area contributed by atoms with Gasteiger partial charge in [-0.15, -0.1) is 0 Å². The van der Waals surface area contributed by atoms with Crippen LogP contribution < -0.4 is 4.90 Å². The highest BCUT2D eigenvalue weighted by atomic mass is 15.2. The van der Waals surface area contributed by atoms with E-state index in [0.29, 0.717) is 17.4 Å². The van der Waals surface area contributed by atoms with Crippen molar-refractivity contribution in [1.29, 1.82) is 0 Å². The summed E-state index contributed by atoms with van der Waals surface area (Å²) < 4.78 is 49.2. The Balaban J connectivity index is 1.17. The molecule has 11 rings (SSSR count). The van der Waals surface area contributed by atoms with Gasteiger partial charge in [0.1, 0.15) is 0 Å². The zero-order chi connectivity index (χ0) is 42.8. The summed E-state index contributed by atoms with van der Waals surface area (Å²) in [5, 5.41) is 3.22. The molecule has 0 N–H and O–H groups in total. The van der Waals surface area contributed by atoms with E-state index in [9.17, 15) is 6.85 Å². The lowest BCUT2D eigenvalue weighted by molar-refractivity contribution is 0.652. The number of anilines is 2. The smallest absolute Gasteiger partial charge is 0.0677 e. The monoisotopic (exact) mass is 744 g/mol. The first kappa shape index (κ1) is 29.1. The first-order chi connectivity index (χ1) is 30.9. The van der Waals surface area contributed by atoms with Gasteiger partial charge in [-0.1, -0.05) is 206 Å². The molecule has 9 aromatic carbocycles. The minimum absolute atomic E-state index is 0.125. The normalized spacial score (nSPS) is 16.6. The topological polar surface area (TPSA) is 3.24 Å². The number of allylic oxidation sites excluding steroid dienone is 2. The summed E-state index contributed by atoms with van der Waals surface area (Å²) in [6.45, 7) is 0. The number of para-hydroxylation sites is 1. The van der Waals surface area contributed by atoms with Crippen molar-refractivity contribution in [2.24, 2.45) is 0 Å². The van der Waals surface area contributed by atoms with E-state index in [2.05, 4.69) is 120 Å². The van der Waals surface area contributed by atoms with Gasteiger partial charge in [-0.3, -0.25) is 0 Å². The number of nitrogens with zero attached hydrogens (tertiary/aromatic N) is 1. The van der Waals surface area contributed by atoms with Crippen molar-refractivity contribution in [1.82, 2.24) is 0 Å². The molecule has 2 aliphatic rings. The van der Waals surface area contributed by atoms with E-state index in [1.165, 1.54) is 16.7 Å². The number of fused-ring (bicyclic) bond motifs is 5. The van der Waals surface area contributed by atoms with E-state index in [0.717, 1.165) is 49.7 Å². The maximum absolute atomic E-state index is 10.0. The Kier molecular flexibility index (Phi) is 7.05. The highest BCUT2D eigenvalue weighted by molar-refractivity contribution is 6.13. The van der Waals surface area contributed by atoms with Gasteiger partial charge < -0.3 is 4.90 Å². The van der Waals surface area contributed by atoms with E-state index in [1.54, 1.807) is 0 Å². The second kappa shape index (κ2) is 14.1. The summed E-state index contributed by atoms with van der Waals surface area (Å²) in [7, 11) is 0. The molecule has 1 atom stereocenters. The third-order valence-electron chi connectivity index (χ3n) is 12.1. The van der Waals surface area contributed by atoms with Crippen molar-refractivity contribution in [3.8, 4) is 22.3 Å². The van der Waals surface area contributed by atoms with E-state index in [1.807, 2.05) is 84.9 Å². The lowest BCUT2D eigenvalue weighted by atomic mass is 9.65. The fourth-order valence-corrected chi connectivity index (χ4v) is 9.61. The van der Waals surface area contributed by atoms with Crippen LogP contribution in [-0.2, 0) is 5.41 Å². The molecule has 0 aromatic heterocycles. The van der Waals surface area contributed by atoms with Crippen LogP contribution in [-0.4, -0.2) is 6.04 Å². The summed E-state index contributed by atoms with van der Waals surface area (Å²) in [6, 6.07) is 62.9. The van der Waals surface area contributed by atoms with Crippen LogP contribution in [0.4, 0.5) is 11.4 Å². The van der Waals surface area contributed by atoms with E-state index >= 15 is 0 Å². The van der Waals surface area contributed by atoms with Crippen LogP contribution in [0.15, 0.2) is 236 Å². The van der Waals surface area contributed by atoms with Crippen LogP contribution in [0.5, 0.6) is 0 Å². The minimum Gasteiger partial charge on any atom is -0.334 e. The highest BCUT2D eigenvalue weighted by Gasteiger charge is 2.48. The van der Waals surface area contributed by atoms with Crippen LogP contribution in [0, 0.1) is 0 Å². The summed E-state index contributed by atoms with van der Waals surface area (Å²) in [5.74, 6) is 0. The standard InChI is InChI=1S/C57H41N/c1-4-18-40(19-5-1)48-26-15-17-31-56(48)58(45-34-32-41(33-35-45)53-38-42-20-10-11-25-47(42)49-27-12-13-28-50(49)53)46-36-37-52-51-29-14-16-30-54(51)57(55(52)39-46,43-21-6-2-7-22-43)44-23-8-3-9-24-44/h1-38,46H,39H2/i32D,33D,34D,35D,38D. The first-order valence-electron chi connectivity index (χ1n) is 22.5. The maximum Gasteiger partial charge on any atom is 0.0677 e. The minimum atomic E-state index is -0.637. The molecule has 0 spiro atoms. The van der Waals surface area contributed by atoms with Crippen LogP contribution in [0.25, 0.3) is 49.4 Å². The van der Waals surface area contributed by atoms with Gasteiger partial charge in [0.15, 0.2) is 0 Å². The molecule has 0 amide bonds. The molecular weight excluding hydrogens is 699 g/mol. The van der Waals surface area contributed by atoms with Gasteiger partial charge >= 0.3 is 0 Å². The van der Waals surface area contributed by atoms with E-state index in [-0.39, 0.29) is 41.5 Å². The fourth-order valence-electron chi connectivity index (χ4n) is 9.61. The van der Waals surface area contributed by atoms with Crippen LogP contribution in [0.3, 0.4) is 0 Å². The summed E-state index contributed by atoms with van der Waals surface area (Å²) in [4.78, 5) is 2.05. The molecule has 58 heavy (non-hydrogen) atoms. The van der Waals surface area contributed by atoms with Gasteiger partial charge in [0.2, 0.25) is 0 Å². The Bertz CT molecular complexity index is 3250. The van der Waals surface area contributed by atoms with Crippen molar-refractivity contribution < 1.29 is 6.85 Å². The van der Waals surface area contributed by atoms with Crippen LogP contribution in [0.2, 0.25) is 0 Å². The average Bonchev–Trinajstić information content (AvgIpc) is 3.64. The zero-order valence-electron chi connectivity index (χ0n) is 36.8. The number of hydrogen-bond donors (Lipinski definition) is 0. The molecule has 0 fully saturated rings. The van der Waals surface area contributed by atoms with Gasteiger partial charge in [-0.25, -0.2) is 0 Å². The molecule has 0 saturated heterocycles. The summed E-state index contributed by atoms with van der Waals surface area (Å²) in [6.07, 6.45) is 4.93. The van der Waals surface area contributed by atoms with Crippen LogP contribution >= 0.6 is 0 Å². The Morgan fingerprint density at radius 1 is 0.483 bits per heavy atom. The highest BCUT2D eigenvalue weighted by Crippen LogP contribution is 2.58. The average molecular weight is 745 g/mol. The first-order valence-corrected chi connectivity index (χ1v) is 20.0. The molecule has 0 saturated carbocycles. The van der Waals surface area contributed by atoms with E-state index < -0.39 is 11.5 Å². The molecule has 1 nitrogen and oxygen atoms in total. The third-order valence-corrected chi connectivity index (χ3v) is 12.1. The lowest BCUT2D eigenvalue weighted by Gasteiger charge is -2.41. The van der Waals surface area contributed by atoms with Gasteiger partial charge in [0.05, 0.1) is 18.3 Å². The Morgan fingerprint density at radius 3 is 1.78 bits per heavy atom. The van der Waals surface area contributed by atoms with Crippen molar-refractivity contribution in [3.63, 3.8) is 0 Å². The molecule has 0 aliphatic heterocycles. The molecule has 0 heterocycles. The van der Waals surface area contributed by atoms with Crippen molar-refractivity contribution in [3.05, 3.63) is 258 Å². The van der Waals surface area contributed by atoms with E-state index in [4.69, 9.17) is 0 Å². The molecule has 2 aliphatic carbocycles.